The van der Waals surface area contributed by atoms with E-state index in [4.69, 9.17) is 58.1 Å². The van der Waals surface area contributed by atoms with Gasteiger partial charge in [0.05, 0.1) is 0 Å². The first-order chi connectivity index (χ1) is 38.8. The van der Waals surface area contributed by atoms with Crippen molar-refractivity contribution < 1.29 is 45.3 Å². The molecule has 0 radical (unpaired) electrons. The van der Waals surface area contributed by atoms with Crippen LogP contribution in [0.3, 0.4) is 0 Å². The SMILES string of the molecule is CC(C)=C[CH]=[Ru]([Cl])[Cl].Cc1cc(C)c(N2[CH-]N(c3c(C)cc(C)cc3C)CC2)c(C)c1.Cc1cc(C)c(N2[CH-]N(c3c(C)cc(C)cc3C)CC2)c(C)c1.O=Cc1ccccc1[CH]=[Ru]([Cl])[Cl].[CH2-]CPC.[Cl][Ru]([Cl])=[CH]CCc1ccccn1. The number of halogens is 6. The number of benzene rings is 5. The number of hydrogen-bond acceptors (Lipinski definition) is 6. The molecule has 1 aromatic heterocycles. The van der Waals surface area contributed by atoms with Crippen molar-refractivity contribution in [1.29, 1.82) is 0 Å². The van der Waals surface area contributed by atoms with Gasteiger partial charge in [-0.25, -0.2) is 0 Å². The Kier molecular flexibility index (Phi) is 34.7. The van der Waals surface area contributed by atoms with Crippen LogP contribution in [0.4, 0.5) is 22.7 Å². The number of nitrogens with zero attached hydrogens (tertiary/aromatic N) is 5. The van der Waals surface area contributed by atoms with E-state index in [9.17, 15) is 4.79 Å². The second kappa shape index (κ2) is 38.6. The van der Waals surface area contributed by atoms with E-state index in [0.29, 0.717) is 5.56 Å². The number of carbonyl (C=O) groups excluding carboxylic acids is 1. The monoisotopic (exact) mass is 1510 g/mol. The Morgan fingerprint density at radius 1 is 0.549 bits per heavy atom. The summed E-state index contributed by atoms with van der Waals surface area (Å²) in [4.78, 5) is 24.3. The fraction of sp³-hybridized carbons (Fsp3) is 0.333. The van der Waals surface area contributed by atoms with Crippen molar-refractivity contribution in [2.75, 3.05) is 58.6 Å². The van der Waals surface area contributed by atoms with Crippen molar-refractivity contribution in [3.63, 3.8) is 0 Å². The Labute approximate surface area is 535 Å². The third kappa shape index (κ3) is 25.8. The molecule has 2 saturated heterocycles. The first-order valence-corrected chi connectivity index (χ1v) is 45.0. The van der Waals surface area contributed by atoms with Crippen LogP contribution in [0.1, 0.15) is 109 Å². The number of hydrogen-bond donors (Lipinski definition) is 0. The van der Waals surface area contributed by atoms with Crippen LogP contribution in [0, 0.1) is 103 Å². The van der Waals surface area contributed by atoms with Gasteiger partial charge < -0.3 is 26.5 Å². The fourth-order valence-electron chi connectivity index (χ4n) is 9.96. The topological polar surface area (TPSA) is 42.9 Å². The molecule has 454 valence electrons. The number of allylic oxidation sites excluding steroid dienone is 2. The van der Waals surface area contributed by atoms with E-state index in [1.165, 1.54) is 95.1 Å². The molecule has 0 aliphatic carbocycles. The predicted molar refractivity (Wildman–Crippen MR) is 361 cm³/mol. The first kappa shape index (κ1) is 73.8. The molecule has 2 aliphatic rings. The Balaban J connectivity index is 0.000000278. The summed E-state index contributed by atoms with van der Waals surface area (Å²) < 4.78 is 5.64. The third-order valence-electron chi connectivity index (χ3n) is 12.8. The molecule has 5 aromatic carbocycles. The van der Waals surface area contributed by atoms with Gasteiger partial charge in [0.25, 0.3) is 0 Å². The van der Waals surface area contributed by atoms with Crippen molar-refractivity contribution in [1.82, 2.24) is 4.98 Å². The molecule has 0 saturated carbocycles. The van der Waals surface area contributed by atoms with Gasteiger partial charge in [-0.1, -0.05) is 70.8 Å². The maximum atomic E-state index is 10.5. The molecule has 82 heavy (non-hydrogen) atoms. The fourth-order valence-corrected chi connectivity index (χ4v) is 14.7. The van der Waals surface area contributed by atoms with Gasteiger partial charge in [0, 0.05) is 48.9 Å². The van der Waals surface area contributed by atoms with E-state index >= 15 is 0 Å². The van der Waals surface area contributed by atoms with Crippen LogP contribution < -0.4 is 19.6 Å². The van der Waals surface area contributed by atoms with Gasteiger partial charge >= 0.3 is 232 Å². The Morgan fingerprint density at radius 2 is 0.890 bits per heavy atom. The average molecular weight is 1510 g/mol. The molecule has 8 rings (SSSR count). The maximum absolute atomic E-state index is 10.5. The molecule has 2 aliphatic heterocycles. The summed E-state index contributed by atoms with van der Waals surface area (Å²) in [6, 6.07) is 31.4. The van der Waals surface area contributed by atoms with Crippen molar-refractivity contribution in [3.8, 4) is 0 Å². The molecule has 0 N–H and O–H groups in total. The van der Waals surface area contributed by atoms with Crippen LogP contribution in [0.25, 0.3) is 0 Å². The summed E-state index contributed by atoms with van der Waals surface area (Å²) in [5.74, 6) is 0. The Hall–Kier alpha value is -2.49. The Bertz CT molecular complexity index is 2770. The van der Waals surface area contributed by atoms with Crippen LogP contribution in [0.15, 0.2) is 109 Å². The van der Waals surface area contributed by atoms with Gasteiger partial charge in [0.2, 0.25) is 0 Å². The third-order valence-corrected chi connectivity index (χ3v) is 19.2. The molecule has 6 nitrogen and oxygen atoms in total. The number of aldehydes is 1. The van der Waals surface area contributed by atoms with Gasteiger partial charge in [-0.3, -0.25) is 0 Å². The predicted octanol–water partition coefficient (Wildman–Crippen LogP) is 19.1. The van der Waals surface area contributed by atoms with Crippen molar-refractivity contribution in [2.45, 2.75) is 110 Å². The number of rotatable bonds is 11. The quantitative estimate of drug-likeness (QED) is 0.0557. The van der Waals surface area contributed by atoms with E-state index in [1.807, 2.05) is 59.5 Å². The van der Waals surface area contributed by atoms with Crippen LogP contribution in [0.2, 0.25) is 0 Å². The molecular weight excluding hydrogens is 1430 g/mol. The zero-order chi connectivity index (χ0) is 61.2. The van der Waals surface area contributed by atoms with E-state index < -0.39 is 40.6 Å². The number of anilines is 4. The van der Waals surface area contributed by atoms with E-state index in [2.05, 4.69) is 183 Å². The summed E-state index contributed by atoms with van der Waals surface area (Å²) in [7, 11) is 34.8. The summed E-state index contributed by atoms with van der Waals surface area (Å²) in [5.41, 5.74) is 25.5. The van der Waals surface area contributed by atoms with Crippen LogP contribution >= 0.6 is 66.7 Å². The molecule has 16 heteroatoms. The van der Waals surface area contributed by atoms with Gasteiger partial charge in [0.15, 0.2) is 0 Å². The van der Waals surface area contributed by atoms with E-state index in [-0.39, 0.29) is 0 Å². The standard InChI is InChI=1S/2C21H27N2.C8H9N.C8H6O.C5H8.C3H8P.6ClH.3Ru/c2*1-14-9-16(3)20(17(4)10-14)22-7-8-23(13-22)21-18(5)11-15(2)12-19(21)6;1-2-5-8-6-3-4-7-9-8;1-7-4-2-3-5-8(7)6-9;1-4-5(2)3;1-3-4-2;;;;;;;;;/h2*9-13H,7-8H2,1-6H3;1,3-4,6-7H,2,5H2;1-6H;1,4H,2-3H3;4H,1,3H2,2H3;6*1H;;;/q2*-1;;;;-1;;;;;;;3*+2/p-6. The van der Waals surface area contributed by atoms with Crippen molar-refractivity contribution in [2.24, 2.45) is 0 Å². The first-order valence-electron chi connectivity index (χ1n) is 26.9. The van der Waals surface area contributed by atoms with Crippen LogP contribution in [-0.4, -0.2) is 64.1 Å². The molecule has 6 aromatic rings. The molecule has 0 bridgehead atoms. The second-order valence-electron chi connectivity index (χ2n) is 20.4. The van der Waals surface area contributed by atoms with E-state index in [0.717, 1.165) is 71.3 Å². The van der Waals surface area contributed by atoms with Crippen LogP contribution in [0.5, 0.6) is 0 Å². The number of pyridine rings is 1. The minimum absolute atomic E-state index is 0.637. The zero-order valence-electron chi connectivity index (χ0n) is 50.4. The number of aromatic nitrogens is 1. The van der Waals surface area contributed by atoms with Crippen molar-refractivity contribution in [3.05, 3.63) is 213 Å². The van der Waals surface area contributed by atoms with Gasteiger partial charge in [-0.05, 0) is 134 Å². The average Bonchev–Trinajstić information content (AvgIpc) is 4.28. The summed E-state index contributed by atoms with van der Waals surface area (Å²) in [6.45, 7) is 44.9. The molecule has 0 amide bonds. The molecular formula is C66H85Cl6N5OPRu3-3. The second-order valence-corrected chi connectivity index (χ2v) is 39.1. The van der Waals surface area contributed by atoms with E-state index in [1.54, 1.807) is 22.9 Å². The molecule has 0 spiro atoms. The Morgan fingerprint density at radius 3 is 1.15 bits per heavy atom. The minimum atomic E-state index is -1.82. The zero-order valence-corrected chi connectivity index (χ0v) is 61.2. The summed E-state index contributed by atoms with van der Waals surface area (Å²) in [6.07, 6.45) is 7.52. The van der Waals surface area contributed by atoms with Gasteiger partial charge in [0.1, 0.15) is 0 Å². The number of aryl methyl sites for hydroxylation is 13. The molecule has 1 atom stereocenters. The van der Waals surface area contributed by atoms with Gasteiger partial charge in [-0.15, -0.1) is 0 Å². The normalized spacial score (nSPS) is 12.9. The molecule has 1 unspecified atom stereocenters. The molecule has 2 fully saturated rings. The molecule has 3 heterocycles. The summed E-state index contributed by atoms with van der Waals surface area (Å²) in [5, 5.41) is 0. The summed E-state index contributed by atoms with van der Waals surface area (Å²) >= 11 is -4.89. The number of carbonyl (C=O) groups is 1. The van der Waals surface area contributed by atoms with Gasteiger partial charge in [-0.2, -0.15) is 28.1 Å². The van der Waals surface area contributed by atoms with Crippen LogP contribution in [-0.2, 0) is 47.0 Å². The van der Waals surface area contributed by atoms with Crippen molar-refractivity contribution >= 4 is 110 Å².